The molecule has 72 valence electrons. The Hall–Kier alpha value is -1.84. The molecule has 1 aromatic heterocycles. The summed E-state index contributed by atoms with van der Waals surface area (Å²) >= 11 is 0. The van der Waals surface area contributed by atoms with Crippen LogP contribution in [0, 0.1) is 5.82 Å². The Balaban J connectivity index is 2.28. The van der Waals surface area contributed by atoms with E-state index < -0.39 is 0 Å². The second-order valence-electron chi connectivity index (χ2n) is 3.01. The highest BCUT2D eigenvalue weighted by atomic mass is 19.1. The van der Waals surface area contributed by atoms with Crippen molar-refractivity contribution in [3.63, 3.8) is 0 Å². The van der Waals surface area contributed by atoms with Crippen LogP contribution < -0.4 is 5.73 Å². The molecule has 4 heteroatoms. The number of rotatable bonds is 2. The molecule has 1 heterocycles. The quantitative estimate of drug-likeness (QED) is 0.784. The van der Waals surface area contributed by atoms with Crippen LogP contribution in [0.5, 0.6) is 0 Å². The van der Waals surface area contributed by atoms with Crippen molar-refractivity contribution in [2.45, 2.75) is 6.54 Å². The fourth-order valence-corrected chi connectivity index (χ4v) is 1.26. The topological polar surface area (TPSA) is 43.8 Å². The first-order valence-corrected chi connectivity index (χ1v) is 4.28. The second-order valence-corrected chi connectivity index (χ2v) is 3.01. The molecule has 2 N–H and O–H groups in total. The van der Waals surface area contributed by atoms with E-state index in [9.17, 15) is 4.39 Å². The predicted molar refractivity (Wildman–Crippen MR) is 52.1 cm³/mol. The van der Waals surface area contributed by atoms with Crippen molar-refractivity contribution in [1.29, 1.82) is 0 Å². The van der Waals surface area contributed by atoms with Gasteiger partial charge in [-0.05, 0) is 12.1 Å². The summed E-state index contributed by atoms with van der Waals surface area (Å²) in [5, 5.41) is 3.98. The zero-order chi connectivity index (χ0) is 9.97. The number of nitrogens with two attached hydrogens (primary N) is 1. The maximum atomic E-state index is 13.2. The van der Waals surface area contributed by atoms with Crippen LogP contribution in [0.4, 0.5) is 10.2 Å². The standard InChI is InChI=1S/C10H10FN3/c11-9-4-2-1-3-8(9)7-14-10(12)5-6-13-14/h1-6H,7,12H2. The van der Waals surface area contributed by atoms with Crippen LogP contribution in [0.1, 0.15) is 5.56 Å². The van der Waals surface area contributed by atoms with Crippen LogP contribution in [0.25, 0.3) is 0 Å². The first-order chi connectivity index (χ1) is 6.77. The van der Waals surface area contributed by atoms with E-state index in [1.807, 2.05) is 0 Å². The molecule has 1 aromatic carbocycles. The minimum absolute atomic E-state index is 0.234. The molecule has 0 saturated carbocycles. The fraction of sp³-hybridized carbons (Fsp3) is 0.100. The highest BCUT2D eigenvalue weighted by Crippen LogP contribution is 2.10. The molecule has 0 aliphatic carbocycles. The summed E-state index contributed by atoms with van der Waals surface area (Å²) in [6.45, 7) is 0.367. The van der Waals surface area contributed by atoms with E-state index in [1.54, 1.807) is 35.1 Å². The van der Waals surface area contributed by atoms with Gasteiger partial charge in [-0.25, -0.2) is 9.07 Å². The number of anilines is 1. The van der Waals surface area contributed by atoms with Gasteiger partial charge in [0.15, 0.2) is 0 Å². The number of nitrogen functional groups attached to an aromatic ring is 1. The van der Waals surface area contributed by atoms with Crippen LogP contribution in [-0.2, 0) is 6.54 Å². The predicted octanol–water partition coefficient (Wildman–Crippen LogP) is 1.65. The first-order valence-electron chi connectivity index (χ1n) is 4.28. The SMILES string of the molecule is Nc1ccnn1Cc1ccccc1F. The lowest BCUT2D eigenvalue weighted by Gasteiger charge is -2.04. The van der Waals surface area contributed by atoms with Gasteiger partial charge in [-0.1, -0.05) is 18.2 Å². The molecular weight excluding hydrogens is 181 g/mol. The Labute approximate surface area is 81.0 Å². The molecule has 0 aliphatic rings. The third kappa shape index (κ3) is 1.59. The fourth-order valence-electron chi connectivity index (χ4n) is 1.26. The number of hydrogen-bond acceptors (Lipinski definition) is 2. The Morgan fingerprint density at radius 1 is 1.29 bits per heavy atom. The maximum Gasteiger partial charge on any atom is 0.128 e. The molecule has 0 amide bonds. The van der Waals surface area contributed by atoms with Gasteiger partial charge >= 0.3 is 0 Å². The number of aromatic nitrogens is 2. The summed E-state index contributed by atoms with van der Waals surface area (Å²) in [4.78, 5) is 0. The molecule has 0 fully saturated rings. The highest BCUT2D eigenvalue weighted by molar-refractivity contribution is 5.28. The van der Waals surface area contributed by atoms with Crippen LogP contribution in [0.3, 0.4) is 0 Å². The van der Waals surface area contributed by atoms with Gasteiger partial charge in [0, 0.05) is 5.56 Å². The zero-order valence-electron chi connectivity index (χ0n) is 7.52. The van der Waals surface area contributed by atoms with Crippen LogP contribution in [0.15, 0.2) is 36.5 Å². The lowest BCUT2D eigenvalue weighted by molar-refractivity contribution is 0.587. The number of nitrogens with zero attached hydrogens (tertiary/aromatic N) is 2. The smallest absolute Gasteiger partial charge is 0.128 e. The lowest BCUT2D eigenvalue weighted by Crippen LogP contribution is -2.06. The molecule has 0 atom stereocenters. The highest BCUT2D eigenvalue weighted by Gasteiger charge is 2.03. The summed E-state index contributed by atoms with van der Waals surface area (Å²) in [5.41, 5.74) is 6.20. The number of halogens is 1. The summed E-state index contributed by atoms with van der Waals surface area (Å²) in [6.07, 6.45) is 1.59. The Kier molecular flexibility index (Phi) is 2.18. The van der Waals surface area contributed by atoms with Crippen molar-refractivity contribution in [3.05, 3.63) is 47.9 Å². The van der Waals surface area contributed by atoms with E-state index in [0.717, 1.165) is 0 Å². The van der Waals surface area contributed by atoms with Gasteiger partial charge in [0.2, 0.25) is 0 Å². The molecule has 14 heavy (non-hydrogen) atoms. The molecule has 0 radical (unpaired) electrons. The second kappa shape index (κ2) is 3.49. The van der Waals surface area contributed by atoms with E-state index in [0.29, 0.717) is 17.9 Å². The normalized spacial score (nSPS) is 10.4. The van der Waals surface area contributed by atoms with Crippen molar-refractivity contribution < 1.29 is 4.39 Å². The minimum Gasteiger partial charge on any atom is -0.384 e. The van der Waals surface area contributed by atoms with Crippen LogP contribution >= 0.6 is 0 Å². The van der Waals surface area contributed by atoms with Gasteiger partial charge in [-0.3, -0.25) is 0 Å². The molecule has 0 spiro atoms. The van der Waals surface area contributed by atoms with E-state index in [4.69, 9.17) is 5.73 Å². The average Bonchev–Trinajstić information content (AvgIpc) is 2.56. The average molecular weight is 191 g/mol. The van der Waals surface area contributed by atoms with Gasteiger partial charge in [0.25, 0.3) is 0 Å². The third-order valence-electron chi connectivity index (χ3n) is 2.03. The van der Waals surface area contributed by atoms with E-state index in [1.165, 1.54) is 6.07 Å². The van der Waals surface area contributed by atoms with E-state index in [2.05, 4.69) is 5.10 Å². The minimum atomic E-state index is -0.234. The van der Waals surface area contributed by atoms with Gasteiger partial charge in [0.05, 0.1) is 12.7 Å². The van der Waals surface area contributed by atoms with Gasteiger partial charge in [-0.15, -0.1) is 0 Å². The maximum absolute atomic E-state index is 13.2. The summed E-state index contributed by atoms with van der Waals surface area (Å²) in [5.74, 6) is 0.302. The van der Waals surface area contributed by atoms with Gasteiger partial charge in [0.1, 0.15) is 11.6 Å². The van der Waals surface area contributed by atoms with Gasteiger partial charge < -0.3 is 5.73 Å². The van der Waals surface area contributed by atoms with Crippen molar-refractivity contribution >= 4 is 5.82 Å². The lowest BCUT2D eigenvalue weighted by atomic mass is 10.2. The molecular formula is C10H10FN3. The van der Waals surface area contributed by atoms with Crippen molar-refractivity contribution in [3.8, 4) is 0 Å². The van der Waals surface area contributed by atoms with E-state index >= 15 is 0 Å². The Morgan fingerprint density at radius 2 is 2.07 bits per heavy atom. The van der Waals surface area contributed by atoms with Crippen LogP contribution in [0.2, 0.25) is 0 Å². The zero-order valence-corrected chi connectivity index (χ0v) is 7.52. The number of hydrogen-bond donors (Lipinski definition) is 1. The molecule has 2 rings (SSSR count). The van der Waals surface area contributed by atoms with Gasteiger partial charge in [-0.2, -0.15) is 5.10 Å². The Bertz CT molecular complexity index is 436. The molecule has 0 aliphatic heterocycles. The van der Waals surface area contributed by atoms with Crippen molar-refractivity contribution in [1.82, 2.24) is 9.78 Å². The van der Waals surface area contributed by atoms with Crippen molar-refractivity contribution in [2.75, 3.05) is 5.73 Å². The molecule has 2 aromatic rings. The summed E-state index contributed by atoms with van der Waals surface area (Å²) < 4.78 is 14.8. The molecule has 0 unspecified atom stereocenters. The molecule has 3 nitrogen and oxygen atoms in total. The molecule has 0 saturated heterocycles. The summed E-state index contributed by atoms with van der Waals surface area (Å²) in [6, 6.07) is 8.27. The first kappa shape index (κ1) is 8.74. The Morgan fingerprint density at radius 3 is 2.71 bits per heavy atom. The summed E-state index contributed by atoms with van der Waals surface area (Å²) in [7, 11) is 0. The van der Waals surface area contributed by atoms with Crippen LogP contribution in [-0.4, -0.2) is 9.78 Å². The van der Waals surface area contributed by atoms with E-state index in [-0.39, 0.29) is 5.82 Å². The largest absolute Gasteiger partial charge is 0.384 e. The third-order valence-corrected chi connectivity index (χ3v) is 2.03. The monoisotopic (exact) mass is 191 g/mol. The number of benzene rings is 1. The molecule has 0 bridgehead atoms. The van der Waals surface area contributed by atoms with Crippen molar-refractivity contribution in [2.24, 2.45) is 0 Å².